The van der Waals surface area contributed by atoms with Crippen molar-refractivity contribution >= 4 is 16.9 Å². The molecule has 1 heterocycles. The van der Waals surface area contributed by atoms with Gasteiger partial charge >= 0.3 is 0 Å². The summed E-state index contributed by atoms with van der Waals surface area (Å²) in [7, 11) is 0. The van der Waals surface area contributed by atoms with Crippen molar-refractivity contribution in [1.82, 2.24) is 14.9 Å². The van der Waals surface area contributed by atoms with Gasteiger partial charge in [0.1, 0.15) is 17.4 Å². The van der Waals surface area contributed by atoms with Crippen molar-refractivity contribution in [2.24, 2.45) is 0 Å². The Kier molecular flexibility index (Phi) is 8.28. The summed E-state index contributed by atoms with van der Waals surface area (Å²) in [5.41, 5.74) is 3.62. The van der Waals surface area contributed by atoms with Crippen LogP contribution >= 0.6 is 0 Å². The fourth-order valence-corrected chi connectivity index (χ4v) is 4.08. The molecule has 0 bridgehead atoms. The van der Waals surface area contributed by atoms with E-state index in [1.54, 1.807) is 0 Å². The lowest BCUT2D eigenvalue weighted by Crippen LogP contribution is -2.26. The second kappa shape index (κ2) is 12.0. The summed E-state index contributed by atoms with van der Waals surface area (Å²) in [6, 6.07) is 21.7. The summed E-state index contributed by atoms with van der Waals surface area (Å²) in [4.78, 5) is 17.1. The third-order valence-corrected chi connectivity index (χ3v) is 5.84. The number of imidazole rings is 1. The summed E-state index contributed by atoms with van der Waals surface area (Å²) in [6.45, 7) is 5.73. The monoisotopic (exact) mass is 471 g/mol. The van der Waals surface area contributed by atoms with Crippen molar-refractivity contribution < 1.29 is 13.9 Å². The number of nitrogens with zero attached hydrogens (tertiary/aromatic N) is 2. The molecule has 180 valence electrons. The number of hydrogen-bond donors (Lipinski definition) is 1. The molecule has 0 unspecified atom stereocenters. The van der Waals surface area contributed by atoms with Crippen LogP contribution in [0.2, 0.25) is 0 Å². The number of amides is 1. The minimum atomic E-state index is -0.360. The number of hydrogen-bond acceptors (Lipinski definition) is 3. The van der Waals surface area contributed by atoms with E-state index in [0.717, 1.165) is 54.0 Å². The van der Waals surface area contributed by atoms with Gasteiger partial charge in [-0.25, -0.2) is 9.37 Å². The Morgan fingerprint density at radius 3 is 2.63 bits per heavy atom. The number of carbonyl (C=O) groups is 1. The van der Waals surface area contributed by atoms with E-state index in [1.807, 2.05) is 42.5 Å². The summed E-state index contributed by atoms with van der Waals surface area (Å²) in [5, 5.41) is 2.91. The van der Waals surface area contributed by atoms with Crippen LogP contribution in [0.15, 0.2) is 85.5 Å². The number of halogens is 1. The minimum absolute atomic E-state index is 0.221. The first kappa shape index (κ1) is 24.2. The lowest BCUT2D eigenvalue weighted by atomic mass is 10.1. The first-order valence-corrected chi connectivity index (χ1v) is 11.9. The van der Waals surface area contributed by atoms with Crippen molar-refractivity contribution in [3.8, 4) is 5.75 Å². The molecular weight excluding hydrogens is 441 g/mol. The number of para-hydroxylation sites is 3. The molecule has 0 atom stereocenters. The number of aromatic nitrogens is 2. The molecule has 3 aromatic carbocycles. The molecular formula is C29H30FN3O2. The number of carbonyl (C=O) groups excluding carboxylic acids is 1. The quantitative estimate of drug-likeness (QED) is 0.212. The van der Waals surface area contributed by atoms with Crippen molar-refractivity contribution in [3.63, 3.8) is 0 Å². The Balaban J connectivity index is 1.33. The number of allylic oxidation sites excluding steroid dienone is 1. The topological polar surface area (TPSA) is 56.1 Å². The van der Waals surface area contributed by atoms with Gasteiger partial charge in [-0.15, -0.1) is 6.58 Å². The third-order valence-electron chi connectivity index (χ3n) is 5.84. The Bertz CT molecular complexity index is 1280. The van der Waals surface area contributed by atoms with Gasteiger partial charge in [0.05, 0.1) is 17.6 Å². The van der Waals surface area contributed by atoms with Gasteiger partial charge in [-0.1, -0.05) is 36.4 Å². The molecule has 5 nitrogen and oxygen atoms in total. The largest absolute Gasteiger partial charge is 0.493 e. The van der Waals surface area contributed by atoms with Crippen LogP contribution in [0, 0.1) is 5.82 Å². The molecule has 6 heteroatoms. The molecule has 0 saturated heterocycles. The van der Waals surface area contributed by atoms with Crippen LogP contribution in [-0.4, -0.2) is 28.6 Å². The molecule has 4 rings (SSSR count). The van der Waals surface area contributed by atoms with E-state index in [0.29, 0.717) is 25.1 Å². The Morgan fingerprint density at radius 1 is 1.03 bits per heavy atom. The molecule has 4 aromatic rings. The molecule has 1 amide bonds. The molecule has 0 fully saturated rings. The second-order valence-corrected chi connectivity index (χ2v) is 8.34. The van der Waals surface area contributed by atoms with Gasteiger partial charge in [0, 0.05) is 25.1 Å². The lowest BCUT2D eigenvalue weighted by molar-refractivity contribution is 0.0954. The van der Waals surface area contributed by atoms with Gasteiger partial charge in [-0.2, -0.15) is 0 Å². The highest BCUT2D eigenvalue weighted by molar-refractivity contribution is 5.94. The van der Waals surface area contributed by atoms with E-state index in [1.165, 1.54) is 24.3 Å². The van der Waals surface area contributed by atoms with E-state index in [4.69, 9.17) is 9.72 Å². The fraction of sp³-hybridized carbons (Fsp3) is 0.241. The van der Waals surface area contributed by atoms with Crippen molar-refractivity contribution in [1.29, 1.82) is 0 Å². The van der Waals surface area contributed by atoms with Gasteiger partial charge in [0.2, 0.25) is 0 Å². The molecule has 0 aliphatic carbocycles. The zero-order valence-corrected chi connectivity index (χ0v) is 19.8. The Morgan fingerprint density at radius 2 is 1.80 bits per heavy atom. The highest BCUT2D eigenvalue weighted by Gasteiger charge is 2.12. The van der Waals surface area contributed by atoms with E-state index < -0.39 is 0 Å². The predicted octanol–water partition coefficient (Wildman–Crippen LogP) is 5.74. The summed E-state index contributed by atoms with van der Waals surface area (Å²) in [5.74, 6) is 1.27. The van der Waals surface area contributed by atoms with E-state index in [2.05, 4.69) is 28.6 Å². The molecule has 0 aliphatic heterocycles. The highest BCUT2D eigenvalue weighted by atomic mass is 19.1. The van der Waals surface area contributed by atoms with Gasteiger partial charge < -0.3 is 14.6 Å². The van der Waals surface area contributed by atoms with Crippen LogP contribution < -0.4 is 10.1 Å². The predicted molar refractivity (Wildman–Crippen MR) is 137 cm³/mol. The maximum Gasteiger partial charge on any atom is 0.251 e. The zero-order valence-electron chi connectivity index (χ0n) is 19.8. The number of rotatable bonds is 12. The summed E-state index contributed by atoms with van der Waals surface area (Å²) in [6.07, 6.45) is 5.13. The minimum Gasteiger partial charge on any atom is -0.493 e. The Hall–Kier alpha value is -3.93. The van der Waals surface area contributed by atoms with Crippen LogP contribution in [0.3, 0.4) is 0 Å². The second-order valence-electron chi connectivity index (χ2n) is 8.34. The van der Waals surface area contributed by atoms with Crippen molar-refractivity contribution in [2.45, 2.75) is 32.2 Å². The number of benzene rings is 3. The van der Waals surface area contributed by atoms with Gasteiger partial charge in [0.25, 0.3) is 5.91 Å². The highest BCUT2D eigenvalue weighted by Crippen LogP contribution is 2.20. The molecule has 0 saturated carbocycles. The van der Waals surface area contributed by atoms with Gasteiger partial charge in [-0.3, -0.25) is 4.79 Å². The SMILES string of the molecule is C=CCc1ccccc1OCCCCn1c(CCNC(=O)c2ccc(F)cc2)nc2ccccc21. The number of fused-ring (bicyclic) bond motifs is 1. The van der Waals surface area contributed by atoms with Crippen LogP contribution in [0.5, 0.6) is 5.75 Å². The fourth-order valence-electron chi connectivity index (χ4n) is 4.08. The summed E-state index contributed by atoms with van der Waals surface area (Å²) < 4.78 is 21.4. The number of nitrogens with one attached hydrogen (secondary N) is 1. The molecule has 0 aliphatic rings. The Labute approximate surface area is 205 Å². The van der Waals surface area contributed by atoms with E-state index in [9.17, 15) is 9.18 Å². The normalized spacial score (nSPS) is 10.9. The zero-order chi connectivity index (χ0) is 24.5. The smallest absolute Gasteiger partial charge is 0.251 e. The van der Waals surface area contributed by atoms with Crippen molar-refractivity contribution in [3.05, 3.63) is 108 Å². The number of unbranched alkanes of at least 4 members (excludes halogenated alkanes) is 1. The summed E-state index contributed by atoms with van der Waals surface area (Å²) >= 11 is 0. The maximum absolute atomic E-state index is 13.1. The lowest BCUT2D eigenvalue weighted by Gasteiger charge is -2.12. The third kappa shape index (κ3) is 6.35. The molecule has 0 spiro atoms. The molecule has 1 aromatic heterocycles. The first-order valence-electron chi connectivity index (χ1n) is 11.9. The van der Waals surface area contributed by atoms with Crippen molar-refractivity contribution in [2.75, 3.05) is 13.2 Å². The molecule has 35 heavy (non-hydrogen) atoms. The maximum atomic E-state index is 13.1. The number of ether oxygens (including phenoxy) is 1. The first-order chi connectivity index (χ1) is 17.2. The van der Waals surface area contributed by atoms with Crippen LogP contribution in [0.1, 0.15) is 34.6 Å². The van der Waals surface area contributed by atoms with Crippen LogP contribution in [-0.2, 0) is 19.4 Å². The standard InChI is InChI=1S/C29H30FN3O2/c1-2-9-22-10-3-6-13-27(22)35-21-8-7-20-33-26-12-5-4-11-25(26)32-28(33)18-19-31-29(34)23-14-16-24(30)17-15-23/h2-6,10-17H,1,7-9,18-21H2,(H,31,34). The molecule has 1 N–H and O–H groups in total. The van der Waals surface area contributed by atoms with Gasteiger partial charge in [-0.05, 0) is 67.3 Å². The van der Waals surface area contributed by atoms with Gasteiger partial charge in [0.15, 0.2) is 0 Å². The van der Waals surface area contributed by atoms with E-state index >= 15 is 0 Å². The molecule has 0 radical (unpaired) electrons. The number of aryl methyl sites for hydroxylation is 1. The van der Waals surface area contributed by atoms with E-state index in [-0.39, 0.29) is 11.7 Å². The van der Waals surface area contributed by atoms with Crippen LogP contribution in [0.25, 0.3) is 11.0 Å². The average molecular weight is 472 g/mol. The van der Waals surface area contributed by atoms with Crippen LogP contribution in [0.4, 0.5) is 4.39 Å². The average Bonchev–Trinajstić information content (AvgIpc) is 3.22.